The van der Waals surface area contributed by atoms with Gasteiger partial charge in [-0.25, -0.2) is 0 Å². The molecule has 1 fully saturated rings. The van der Waals surface area contributed by atoms with Crippen molar-refractivity contribution >= 4 is 17.5 Å². The van der Waals surface area contributed by atoms with E-state index >= 15 is 0 Å². The minimum atomic E-state index is -0.0658. The summed E-state index contributed by atoms with van der Waals surface area (Å²) in [7, 11) is 0. The maximum absolute atomic E-state index is 11.9. The van der Waals surface area contributed by atoms with Crippen molar-refractivity contribution in [2.45, 2.75) is 32.2 Å². The molecule has 1 heterocycles. The highest BCUT2D eigenvalue weighted by molar-refractivity contribution is 6.30. The molecule has 4 nitrogen and oxygen atoms in total. The van der Waals surface area contributed by atoms with Crippen molar-refractivity contribution in [3.05, 3.63) is 29.3 Å². The third-order valence-electron chi connectivity index (χ3n) is 3.66. The lowest BCUT2D eigenvalue weighted by Crippen LogP contribution is -2.46. The first-order valence-electron chi connectivity index (χ1n) is 7.57. The fourth-order valence-electron chi connectivity index (χ4n) is 2.59. The van der Waals surface area contributed by atoms with E-state index in [0.717, 1.165) is 32.5 Å². The molecule has 0 bridgehead atoms. The number of hydrogen-bond acceptors (Lipinski definition) is 3. The van der Waals surface area contributed by atoms with Gasteiger partial charge >= 0.3 is 0 Å². The van der Waals surface area contributed by atoms with E-state index in [2.05, 4.69) is 17.1 Å². The second-order valence-electron chi connectivity index (χ2n) is 5.43. The van der Waals surface area contributed by atoms with E-state index in [0.29, 0.717) is 10.8 Å². The quantitative estimate of drug-likeness (QED) is 0.878. The van der Waals surface area contributed by atoms with Gasteiger partial charge in [-0.2, -0.15) is 0 Å². The zero-order chi connectivity index (χ0) is 15.1. The highest BCUT2D eigenvalue weighted by atomic mass is 35.5. The van der Waals surface area contributed by atoms with Crippen molar-refractivity contribution in [3.8, 4) is 5.75 Å². The van der Waals surface area contributed by atoms with E-state index in [4.69, 9.17) is 16.3 Å². The Labute approximate surface area is 131 Å². The molecule has 1 aromatic rings. The molecular formula is C16H23ClN2O2. The van der Waals surface area contributed by atoms with E-state index in [-0.39, 0.29) is 18.6 Å². The largest absolute Gasteiger partial charge is 0.484 e. The summed E-state index contributed by atoms with van der Waals surface area (Å²) < 4.78 is 5.44. The molecule has 1 N–H and O–H groups in total. The number of benzene rings is 1. The van der Waals surface area contributed by atoms with Crippen LogP contribution >= 0.6 is 11.6 Å². The molecule has 0 aromatic heterocycles. The Kier molecular flexibility index (Phi) is 6.33. The van der Waals surface area contributed by atoms with Crippen molar-refractivity contribution < 1.29 is 9.53 Å². The SMILES string of the molecule is CCCN1CCC(NC(=O)COc2cccc(Cl)c2)CC1. The number of nitrogens with zero attached hydrogens (tertiary/aromatic N) is 1. The van der Waals surface area contributed by atoms with Gasteiger partial charge in [0.25, 0.3) is 5.91 Å². The van der Waals surface area contributed by atoms with Gasteiger partial charge in [-0.1, -0.05) is 24.6 Å². The molecule has 2 rings (SSSR count). The number of halogens is 1. The van der Waals surface area contributed by atoms with E-state index in [1.165, 1.54) is 6.42 Å². The fourth-order valence-corrected chi connectivity index (χ4v) is 2.77. The van der Waals surface area contributed by atoms with Gasteiger partial charge in [0.2, 0.25) is 0 Å². The van der Waals surface area contributed by atoms with Crippen molar-refractivity contribution in [1.29, 1.82) is 0 Å². The van der Waals surface area contributed by atoms with Gasteiger partial charge in [0.1, 0.15) is 5.75 Å². The third-order valence-corrected chi connectivity index (χ3v) is 3.89. The molecule has 0 atom stereocenters. The molecule has 21 heavy (non-hydrogen) atoms. The Morgan fingerprint density at radius 1 is 1.43 bits per heavy atom. The summed E-state index contributed by atoms with van der Waals surface area (Å²) >= 11 is 5.87. The minimum Gasteiger partial charge on any atom is -0.484 e. The lowest BCUT2D eigenvalue weighted by Gasteiger charge is -2.32. The first kappa shape index (κ1) is 16.1. The van der Waals surface area contributed by atoms with Gasteiger partial charge in [0, 0.05) is 24.2 Å². The summed E-state index contributed by atoms with van der Waals surface area (Å²) in [5.74, 6) is 0.555. The molecule has 0 radical (unpaired) electrons. The van der Waals surface area contributed by atoms with E-state index < -0.39 is 0 Å². The molecule has 1 aliphatic heterocycles. The molecule has 5 heteroatoms. The zero-order valence-electron chi connectivity index (χ0n) is 12.5. The molecule has 0 saturated carbocycles. The number of nitrogens with one attached hydrogen (secondary N) is 1. The van der Waals surface area contributed by atoms with Gasteiger partial charge in [0.15, 0.2) is 6.61 Å². The normalized spacial score (nSPS) is 16.7. The van der Waals surface area contributed by atoms with Crippen molar-refractivity contribution in [2.75, 3.05) is 26.2 Å². The van der Waals surface area contributed by atoms with Crippen LogP contribution in [0.25, 0.3) is 0 Å². The van der Waals surface area contributed by atoms with E-state index in [9.17, 15) is 4.79 Å². The van der Waals surface area contributed by atoms with Crippen LogP contribution in [-0.2, 0) is 4.79 Å². The van der Waals surface area contributed by atoms with Crippen molar-refractivity contribution in [3.63, 3.8) is 0 Å². The third kappa shape index (κ3) is 5.56. The van der Waals surface area contributed by atoms with Crippen molar-refractivity contribution in [2.24, 2.45) is 0 Å². The maximum atomic E-state index is 11.9. The van der Waals surface area contributed by atoms with Gasteiger partial charge in [-0.05, 0) is 44.0 Å². The van der Waals surface area contributed by atoms with Gasteiger partial charge in [-0.3, -0.25) is 4.79 Å². The van der Waals surface area contributed by atoms with E-state index in [1.807, 2.05) is 0 Å². The molecule has 1 aliphatic rings. The Morgan fingerprint density at radius 3 is 2.86 bits per heavy atom. The van der Waals surface area contributed by atoms with Crippen LogP contribution in [0.2, 0.25) is 5.02 Å². The lowest BCUT2D eigenvalue weighted by molar-refractivity contribution is -0.124. The number of carbonyl (C=O) groups is 1. The molecule has 1 aromatic carbocycles. The summed E-state index contributed by atoms with van der Waals surface area (Å²) in [5.41, 5.74) is 0. The smallest absolute Gasteiger partial charge is 0.258 e. The predicted octanol–water partition coefficient (Wildman–Crippen LogP) is 2.71. The van der Waals surface area contributed by atoms with Gasteiger partial charge in [0.05, 0.1) is 0 Å². The Bertz CT molecular complexity index is 459. The average Bonchev–Trinajstić information content (AvgIpc) is 2.48. The standard InChI is InChI=1S/C16H23ClN2O2/c1-2-8-19-9-6-14(7-10-19)18-16(20)12-21-15-5-3-4-13(17)11-15/h3-5,11,14H,2,6-10,12H2,1H3,(H,18,20). The highest BCUT2D eigenvalue weighted by Crippen LogP contribution is 2.17. The number of likely N-dealkylation sites (tertiary alicyclic amines) is 1. The second kappa shape index (κ2) is 8.25. The average molecular weight is 311 g/mol. The van der Waals surface area contributed by atoms with Gasteiger partial charge < -0.3 is 15.0 Å². The van der Waals surface area contributed by atoms with Crippen LogP contribution < -0.4 is 10.1 Å². The van der Waals surface area contributed by atoms with Crippen LogP contribution in [0, 0.1) is 0 Å². The molecule has 1 amide bonds. The summed E-state index contributed by atoms with van der Waals surface area (Å²) in [6.07, 6.45) is 3.22. The number of carbonyl (C=O) groups excluding carboxylic acids is 1. The number of ether oxygens (including phenoxy) is 1. The molecule has 0 spiro atoms. The van der Waals surface area contributed by atoms with Crippen LogP contribution in [0.5, 0.6) is 5.75 Å². The number of rotatable bonds is 6. The summed E-state index contributed by atoms with van der Waals surface area (Å²) in [4.78, 5) is 14.3. The monoisotopic (exact) mass is 310 g/mol. The Morgan fingerprint density at radius 2 is 2.19 bits per heavy atom. The maximum Gasteiger partial charge on any atom is 0.258 e. The zero-order valence-corrected chi connectivity index (χ0v) is 13.2. The van der Waals surface area contributed by atoms with Gasteiger partial charge in [-0.15, -0.1) is 0 Å². The molecule has 1 saturated heterocycles. The van der Waals surface area contributed by atoms with Crippen LogP contribution in [0.1, 0.15) is 26.2 Å². The minimum absolute atomic E-state index is 0.0372. The lowest BCUT2D eigenvalue weighted by atomic mass is 10.0. The Balaban J connectivity index is 1.68. The number of hydrogen-bond donors (Lipinski definition) is 1. The first-order chi connectivity index (χ1) is 10.2. The van der Waals surface area contributed by atoms with Crippen LogP contribution in [-0.4, -0.2) is 43.1 Å². The number of piperidine rings is 1. The highest BCUT2D eigenvalue weighted by Gasteiger charge is 2.20. The van der Waals surface area contributed by atoms with Crippen LogP contribution in [0.15, 0.2) is 24.3 Å². The van der Waals surface area contributed by atoms with E-state index in [1.54, 1.807) is 24.3 Å². The summed E-state index contributed by atoms with van der Waals surface area (Å²) in [6.45, 7) is 5.51. The molecule has 116 valence electrons. The topological polar surface area (TPSA) is 41.6 Å². The van der Waals surface area contributed by atoms with Crippen LogP contribution in [0.3, 0.4) is 0 Å². The fraction of sp³-hybridized carbons (Fsp3) is 0.562. The first-order valence-corrected chi connectivity index (χ1v) is 7.95. The molecular weight excluding hydrogens is 288 g/mol. The molecule has 0 aliphatic carbocycles. The van der Waals surface area contributed by atoms with Crippen molar-refractivity contribution in [1.82, 2.24) is 10.2 Å². The molecule has 0 unspecified atom stereocenters. The van der Waals surface area contributed by atoms with Crippen LogP contribution in [0.4, 0.5) is 0 Å². The Hall–Kier alpha value is -1.26. The predicted molar refractivity (Wildman–Crippen MR) is 84.8 cm³/mol. The number of amides is 1. The summed E-state index contributed by atoms with van der Waals surface area (Å²) in [5, 5.41) is 3.65. The summed E-state index contributed by atoms with van der Waals surface area (Å²) in [6, 6.07) is 7.35. The second-order valence-corrected chi connectivity index (χ2v) is 5.87.